The Morgan fingerprint density at radius 1 is 0.935 bits per heavy atom. The average molecular weight is 417 g/mol. The molecule has 2 aliphatic heterocycles. The van der Waals surface area contributed by atoms with Gasteiger partial charge in [0.05, 0.1) is 5.69 Å². The summed E-state index contributed by atoms with van der Waals surface area (Å²) in [6.45, 7) is 7.21. The maximum Gasteiger partial charge on any atom is 0.226 e. The topological polar surface area (TPSA) is 67.2 Å². The number of aromatic nitrogens is 4. The molecule has 0 saturated carbocycles. The highest BCUT2D eigenvalue weighted by Crippen LogP contribution is 2.26. The molecule has 4 heterocycles. The smallest absolute Gasteiger partial charge is 0.226 e. The summed E-state index contributed by atoms with van der Waals surface area (Å²) in [5, 5.41) is 13.3. The third-order valence-electron chi connectivity index (χ3n) is 6.47. The van der Waals surface area contributed by atoms with Gasteiger partial charge in [-0.05, 0) is 62.4 Å². The highest BCUT2D eigenvalue weighted by Gasteiger charge is 2.30. The van der Waals surface area contributed by atoms with Crippen molar-refractivity contribution in [3.05, 3.63) is 65.0 Å². The minimum Gasteiger partial charge on any atom is -0.355 e. The van der Waals surface area contributed by atoms with Gasteiger partial charge in [-0.15, -0.1) is 10.2 Å². The summed E-state index contributed by atoms with van der Waals surface area (Å²) in [5.41, 5.74) is 4.67. The van der Waals surface area contributed by atoms with E-state index in [0.717, 1.165) is 68.5 Å². The monoisotopic (exact) mass is 416 g/mol. The number of hydrogen-bond donors (Lipinski definition) is 0. The Kier molecular flexibility index (Phi) is 5.18. The number of amides is 1. The number of fused-ring (bicyclic) bond motifs is 1. The highest BCUT2D eigenvalue weighted by atomic mass is 16.2. The van der Waals surface area contributed by atoms with Crippen molar-refractivity contribution in [1.29, 1.82) is 0 Å². The normalized spacial score (nSPS) is 17.0. The summed E-state index contributed by atoms with van der Waals surface area (Å²) in [4.78, 5) is 17.4. The van der Waals surface area contributed by atoms with Crippen LogP contribution >= 0.6 is 0 Å². The Bertz CT molecular complexity index is 1080. The lowest BCUT2D eigenvalue weighted by Crippen LogP contribution is -2.44. The van der Waals surface area contributed by atoms with E-state index in [-0.39, 0.29) is 5.92 Å². The number of nitrogens with zero attached hydrogens (tertiary/aromatic N) is 6. The molecule has 31 heavy (non-hydrogen) atoms. The van der Waals surface area contributed by atoms with Gasteiger partial charge in [-0.2, -0.15) is 5.10 Å². The van der Waals surface area contributed by atoms with Crippen LogP contribution in [0.1, 0.15) is 35.4 Å². The number of aryl methyl sites for hydroxylation is 2. The van der Waals surface area contributed by atoms with Gasteiger partial charge < -0.3 is 9.80 Å². The van der Waals surface area contributed by atoms with Crippen molar-refractivity contribution in [2.75, 3.05) is 24.5 Å². The molecular weight excluding hydrogens is 388 g/mol. The molecule has 1 amide bonds. The highest BCUT2D eigenvalue weighted by molar-refractivity contribution is 5.79. The van der Waals surface area contributed by atoms with Gasteiger partial charge in [-0.1, -0.05) is 24.3 Å². The lowest BCUT2D eigenvalue weighted by atomic mass is 9.93. The van der Waals surface area contributed by atoms with Gasteiger partial charge in [-0.3, -0.25) is 4.79 Å². The molecule has 1 aromatic carbocycles. The fourth-order valence-electron chi connectivity index (χ4n) is 4.76. The van der Waals surface area contributed by atoms with Crippen LogP contribution in [0.2, 0.25) is 0 Å². The van der Waals surface area contributed by atoms with Crippen LogP contribution in [0.4, 0.5) is 5.82 Å². The van der Waals surface area contributed by atoms with Gasteiger partial charge in [-0.25, -0.2) is 4.68 Å². The minimum absolute atomic E-state index is 0.100. The fourth-order valence-corrected chi connectivity index (χ4v) is 4.76. The van der Waals surface area contributed by atoms with Crippen molar-refractivity contribution in [1.82, 2.24) is 24.9 Å². The lowest BCUT2D eigenvalue weighted by Gasteiger charge is -2.36. The van der Waals surface area contributed by atoms with E-state index in [9.17, 15) is 4.79 Å². The van der Waals surface area contributed by atoms with E-state index in [2.05, 4.69) is 44.5 Å². The van der Waals surface area contributed by atoms with Crippen molar-refractivity contribution in [2.45, 2.75) is 39.7 Å². The van der Waals surface area contributed by atoms with Crippen molar-refractivity contribution in [3.63, 3.8) is 0 Å². The average Bonchev–Trinajstić information content (AvgIpc) is 3.16. The molecule has 2 aromatic heterocycles. The number of benzene rings is 1. The first-order chi connectivity index (χ1) is 15.1. The summed E-state index contributed by atoms with van der Waals surface area (Å²) in [5.74, 6) is 2.00. The second kappa shape index (κ2) is 8.13. The Labute approximate surface area is 182 Å². The van der Waals surface area contributed by atoms with Gasteiger partial charge in [0.15, 0.2) is 11.6 Å². The first kappa shape index (κ1) is 19.7. The molecule has 0 unspecified atom stereocenters. The molecule has 0 N–H and O–H groups in total. The molecule has 3 aromatic rings. The van der Waals surface area contributed by atoms with Gasteiger partial charge in [0, 0.05) is 37.8 Å². The Balaban J connectivity index is 1.20. The standard InChI is InChI=1S/C24H28N6O/c1-17-15-18(2)30(27-17)23-8-7-22(25-26-23)28-12-10-20(11-13-28)24(31)29-14-9-19-5-3-4-6-21(19)16-29/h3-8,15,20H,9-14,16H2,1-2H3. The molecular formula is C24H28N6O. The van der Waals surface area contributed by atoms with E-state index in [1.807, 2.05) is 41.6 Å². The molecule has 0 aliphatic carbocycles. The summed E-state index contributed by atoms with van der Waals surface area (Å²) in [6.07, 6.45) is 2.67. The predicted molar refractivity (Wildman–Crippen MR) is 119 cm³/mol. The van der Waals surface area contributed by atoms with E-state index < -0.39 is 0 Å². The molecule has 0 spiro atoms. The zero-order chi connectivity index (χ0) is 21.4. The number of piperidine rings is 1. The molecule has 2 aliphatic rings. The molecule has 0 atom stereocenters. The lowest BCUT2D eigenvalue weighted by molar-refractivity contribution is -0.137. The van der Waals surface area contributed by atoms with Gasteiger partial charge in [0.2, 0.25) is 5.91 Å². The van der Waals surface area contributed by atoms with Crippen LogP contribution in [0, 0.1) is 19.8 Å². The third kappa shape index (κ3) is 3.92. The van der Waals surface area contributed by atoms with Crippen LogP contribution in [-0.4, -0.2) is 50.4 Å². The zero-order valence-corrected chi connectivity index (χ0v) is 18.2. The van der Waals surface area contributed by atoms with Crippen molar-refractivity contribution >= 4 is 11.7 Å². The third-order valence-corrected chi connectivity index (χ3v) is 6.47. The van der Waals surface area contributed by atoms with Gasteiger partial charge in [0.25, 0.3) is 0 Å². The quantitative estimate of drug-likeness (QED) is 0.656. The Morgan fingerprint density at radius 3 is 2.32 bits per heavy atom. The van der Waals surface area contributed by atoms with E-state index >= 15 is 0 Å². The van der Waals surface area contributed by atoms with Crippen LogP contribution in [-0.2, 0) is 17.8 Å². The van der Waals surface area contributed by atoms with E-state index in [4.69, 9.17) is 0 Å². The summed E-state index contributed by atoms with van der Waals surface area (Å²) >= 11 is 0. The maximum atomic E-state index is 13.1. The Morgan fingerprint density at radius 2 is 1.65 bits per heavy atom. The number of carbonyl (C=O) groups is 1. The molecule has 160 valence electrons. The van der Waals surface area contributed by atoms with Crippen molar-refractivity contribution < 1.29 is 4.79 Å². The first-order valence-corrected chi connectivity index (χ1v) is 11.1. The zero-order valence-electron chi connectivity index (χ0n) is 18.2. The summed E-state index contributed by atoms with van der Waals surface area (Å²) < 4.78 is 1.81. The van der Waals surface area contributed by atoms with Crippen LogP contribution in [0.3, 0.4) is 0 Å². The largest absolute Gasteiger partial charge is 0.355 e. The molecule has 0 radical (unpaired) electrons. The second-order valence-electron chi connectivity index (χ2n) is 8.63. The number of rotatable bonds is 3. The maximum absolute atomic E-state index is 13.1. The van der Waals surface area contributed by atoms with Gasteiger partial charge in [0.1, 0.15) is 0 Å². The van der Waals surface area contributed by atoms with Crippen LogP contribution < -0.4 is 4.90 Å². The number of hydrogen-bond acceptors (Lipinski definition) is 5. The first-order valence-electron chi connectivity index (χ1n) is 11.1. The molecule has 1 fully saturated rings. The molecule has 0 bridgehead atoms. The van der Waals surface area contributed by atoms with Crippen LogP contribution in [0.15, 0.2) is 42.5 Å². The molecule has 7 nitrogen and oxygen atoms in total. The Hall–Kier alpha value is -3.22. The minimum atomic E-state index is 0.100. The summed E-state index contributed by atoms with van der Waals surface area (Å²) in [6, 6.07) is 14.5. The SMILES string of the molecule is Cc1cc(C)n(-c2ccc(N3CCC(C(=O)N4CCc5ccccc5C4)CC3)nn2)n1. The molecule has 7 heteroatoms. The van der Waals surface area contributed by atoms with E-state index in [0.29, 0.717) is 5.91 Å². The van der Waals surface area contributed by atoms with Crippen molar-refractivity contribution in [2.24, 2.45) is 5.92 Å². The van der Waals surface area contributed by atoms with Crippen molar-refractivity contribution in [3.8, 4) is 5.82 Å². The number of anilines is 1. The predicted octanol–water partition coefficient (Wildman–Crippen LogP) is 3.08. The van der Waals surface area contributed by atoms with E-state index in [1.54, 1.807) is 0 Å². The second-order valence-corrected chi connectivity index (χ2v) is 8.63. The fraction of sp³-hybridized carbons (Fsp3) is 0.417. The van der Waals surface area contributed by atoms with Gasteiger partial charge >= 0.3 is 0 Å². The number of carbonyl (C=O) groups excluding carboxylic acids is 1. The molecule has 5 rings (SSSR count). The van der Waals surface area contributed by atoms with Crippen LogP contribution in [0.5, 0.6) is 0 Å². The summed E-state index contributed by atoms with van der Waals surface area (Å²) in [7, 11) is 0. The van der Waals surface area contributed by atoms with Crippen LogP contribution in [0.25, 0.3) is 5.82 Å². The molecule has 1 saturated heterocycles. The van der Waals surface area contributed by atoms with E-state index in [1.165, 1.54) is 11.1 Å².